The van der Waals surface area contributed by atoms with E-state index in [1.165, 1.54) is 25.7 Å². The summed E-state index contributed by atoms with van der Waals surface area (Å²) in [6.07, 6.45) is 6.42. The molecule has 1 aromatic carbocycles. The van der Waals surface area contributed by atoms with Gasteiger partial charge in [-0.05, 0) is 30.7 Å². The number of fused-ring (bicyclic) bond motifs is 1. The zero-order chi connectivity index (χ0) is 14.1. The van der Waals surface area contributed by atoms with Gasteiger partial charge < -0.3 is 15.2 Å². The Morgan fingerprint density at radius 2 is 1.95 bits per heavy atom. The topological polar surface area (TPSA) is 44.5 Å². The summed E-state index contributed by atoms with van der Waals surface area (Å²) in [4.78, 5) is 0. The van der Waals surface area contributed by atoms with Gasteiger partial charge in [0.1, 0.15) is 17.6 Å². The molecule has 110 valence electrons. The lowest BCUT2D eigenvalue weighted by molar-refractivity contribution is 0.0700. The van der Waals surface area contributed by atoms with E-state index in [2.05, 4.69) is 6.92 Å². The molecule has 0 radical (unpaired) electrons. The van der Waals surface area contributed by atoms with Gasteiger partial charge in [-0.1, -0.05) is 25.8 Å². The molecule has 0 bridgehead atoms. The van der Waals surface area contributed by atoms with Crippen LogP contribution in [0.5, 0.6) is 11.5 Å². The Kier molecular flexibility index (Phi) is 3.88. The average Bonchev–Trinajstić information content (AvgIpc) is 2.47. The smallest absolute Gasteiger partial charge is 0.128 e. The van der Waals surface area contributed by atoms with Crippen molar-refractivity contribution in [2.75, 3.05) is 7.11 Å². The first kappa shape index (κ1) is 13.7. The normalized spacial score (nSPS) is 33.1. The average molecular weight is 275 g/mol. The molecule has 20 heavy (non-hydrogen) atoms. The third-order valence-electron chi connectivity index (χ3n) is 4.97. The van der Waals surface area contributed by atoms with E-state index in [0.717, 1.165) is 29.4 Å². The quantitative estimate of drug-likeness (QED) is 0.895. The Hall–Kier alpha value is -1.22. The minimum Gasteiger partial charge on any atom is -0.497 e. The van der Waals surface area contributed by atoms with Crippen molar-refractivity contribution in [1.82, 2.24) is 0 Å². The number of ether oxygens (including phenoxy) is 2. The van der Waals surface area contributed by atoms with Crippen LogP contribution in [0.2, 0.25) is 0 Å². The predicted octanol–water partition coefficient (Wildman–Crippen LogP) is 3.67. The van der Waals surface area contributed by atoms with Crippen molar-refractivity contribution in [3.05, 3.63) is 23.8 Å². The summed E-state index contributed by atoms with van der Waals surface area (Å²) in [5.41, 5.74) is 7.46. The molecule has 2 atom stereocenters. The molecular formula is C17H25NO2. The third-order valence-corrected chi connectivity index (χ3v) is 4.97. The summed E-state index contributed by atoms with van der Waals surface area (Å²) in [5.74, 6) is 3.30. The van der Waals surface area contributed by atoms with Crippen molar-refractivity contribution in [3.8, 4) is 11.5 Å². The van der Waals surface area contributed by atoms with Crippen LogP contribution in [0.25, 0.3) is 0 Å². The minimum absolute atomic E-state index is 0.0917. The molecule has 0 saturated heterocycles. The molecule has 0 spiro atoms. The molecule has 1 aliphatic carbocycles. The van der Waals surface area contributed by atoms with E-state index in [9.17, 15) is 0 Å². The Morgan fingerprint density at radius 1 is 1.20 bits per heavy atom. The largest absolute Gasteiger partial charge is 0.497 e. The fourth-order valence-corrected chi connectivity index (χ4v) is 3.58. The fourth-order valence-electron chi connectivity index (χ4n) is 3.58. The van der Waals surface area contributed by atoms with E-state index in [1.54, 1.807) is 7.11 Å². The second kappa shape index (κ2) is 5.65. The SMILES string of the molecule is COc1ccc2c(c1)OC(C1CCC(C)CC1)C[C@H]2N. The van der Waals surface area contributed by atoms with Gasteiger partial charge in [0.15, 0.2) is 0 Å². The van der Waals surface area contributed by atoms with Crippen molar-refractivity contribution in [2.24, 2.45) is 17.6 Å². The van der Waals surface area contributed by atoms with Crippen LogP contribution in [0.3, 0.4) is 0 Å². The first-order valence-electron chi connectivity index (χ1n) is 7.77. The fraction of sp³-hybridized carbons (Fsp3) is 0.647. The summed E-state index contributed by atoms with van der Waals surface area (Å²) in [5, 5.41) is 0. The van der Waals surface area contributed by atoms with E-state index in [1.807, 2.05) is 18.2 Å². The van der Waals surface area contributed by atoms with Gasteiger partial charge in [-0.15, -0.1) is 0 Å². The van der Waals surface area contributed by atoms with Crippen LogP contribution in [-0.4, -0.2) is 13.2 Å². The summed E-state index contributed by atoms with van der Waals surface area (Å²) in [6, 6.07) is 6.07. The van der Waals surface area contributed by atoms with Gasteiger partial charge in [-0.25, -0.2) is 0 Å². The second-order valence-electron chi connectivity index (χ2n) is 6.42. The molecule has 3 heteroatoms. The second-order valence-corrected chi connectivity index (χ2v) is 6.42. The summed E-state index contributed by atoms with van der Waals surface area (Å²) in [6.45, 7) is 2.35. The highest BCUT2D eigenvalue weighted by Gasteiger charge is 2.33. The molecule has 2 aliphatic rings. The van der Waals surface area contributed by atoms with Crippen LogP contribution < -0.4 is 15.2 Å². The molecular weight excluding hydrogens is 250 g/mol. The number of rotatable bonds is 2. The molecule has 0 aromatic heterocycles. The molecule has 1 fully saturated rings. The Morgan fingerprint density at radius 3 is 2.65 bits per heavy atom. The van der Waals surface area contributed by atoms with Gasteiger partial charge in [-0.3, -0.25) is 0 Å². The highest BCUT2D eigenvalue weighted by molar-refractivity contribution is 5.43. The zero-order valence-corrected chi connectivity index (χ0v) is 12.5. The standard InChI is InChI=1S/C17H25NO2/c1-11-3-5-12(6-4-11)16-10-15(18)14-8-7-13(19-2)9-17(14)20-16/h7-9,11-12,15-16H,3-6,10,18H2,1-2H3/t11?,12?,15-,16?/m1/s1. The summed E-state index contributed by atoms with van der Waals surface area (Å²) >= 11 is 0. The molecule has 3 nitrogen and oxygen atoms in total. The van der Waals surface area contributed by atoms with E-state index in [0.29, 0.717) is 5.92 Å². The van der Waals surface area contributed by atoms with Crippen molar-refractivity contribution in [2.45, 2.75) is 51.2 Å². The van der Waals surface area contributed by atoms with E-state index in [4.69, 9.17) is 15.2 Å². The monoisotopic (exact) mass is 275 g/mol. The molecule has 2 N–H and O–H groups in total. The van der Waals surface area contributed by atoms with Crippen molar-refractivity contribution >= 4 is 0 Å². The lowest BCUT2D eigenvalue weighted by atomic mass is 9.77. The van der Waals surface area contributed by atoms with Crippen LogP contribution in [0, 0.1) is 11.8 Å². The highest BCUT2D eigenvalue weighted by atomic mass is 16.5. The van der Waals surface area contributed by atoms with E-state index < -0.39 is 0 Å². The minimum atomic E-state index is 0.0917. The molecule has 1 heterocycles. The van der Waals surface area contributed by atoms with Crippen LogP contribution >= 0.6 is 0 Å². The highest BCUT2D eigenvalue weighted by Crippen LogP contribution is 2.41. The van der Waals surface area contributed by atoms with Gasteiger partial charge in [0.05, 0.1) is 7.11 Å². The molecule has 1 aliphatic heterocycles. The van der Waals surface area contributed by atoms with Gasteiger partial charge in [0.2, 0.25) is 0 Å². The van der Waals surface area contributed by atoms with Crippen molar-refractivity contribution in [3.63, 3.8) is 0 Å². The van der Waals surface area contributed by atoms with Crippen LogP contribution in [0.1, 0.15) is 50.6 Å². The van der Waals surface area contributed by atoms with Crippen LogP contribution in [0.4, 0.5) is 0 Å². The maximum atomic E-state index is 6.34. The number of benzene rings is 1. The number of nitrogens with two attached hydrogens (primary N) is 1. The van der Waals surface area contributed by atoms with Gasteiger partial charge in [0.25, 0.3) is 0 Å². The number of hydrogen-bond acceptors (Lipinski definition) is 3. The number of hydrogen-bond donors (Lipinski definition) is 1. The lowest BCUT2D eigenvalue weighted by Crippen LogP contribution is -2.36. The van der Waals surface area contributed by atoms with Gasteiger partial charge in [0, 0.05) is 24.1 Å². The first-order chi connectivity index (χ1) is 9.67. The lowest BCUT2D eigenvalue weighted by Gasteiger charge is -2.38. The van der Waals surface area contributed by atoms with E-state index in [-0.39, 0.29) is 12.1 Å². The van der Waals surface area contributed by atoms with Crippen LogP contribution in [-0.2, 0) is 0 Å². The maximum Gasteiger partial charge on any atom is 0.128 e. The molecule has 1 aromatic rings. The molecule has 0 amide bonds. The van der Waals surface area contributed by atoms with Gasteiger partial charge in [-0.2, -0.15) is 0 Å². The predicted molar refractivity (Wildman–Crippen MR) is 80.1 cm³/mol. The van der Waals surface area contributed by atoms with Crippen molar-refractivity contribution in [1.29, 1.82) is 0 Å². The van der Waals surface area contributed by atoms with E-state index >= 15 is 0 Å². The first-order valence-corrected chi connectivity index (χ1v) is 7.77. The Bertz CT molecular complexity index is 466. The maximum absolute atomic E-state index is 6.34. The van der Waals surface area contributed by atoms with Crippen molar-refractivity contribution < 1.29 is 9.47 Å². The number of methoxy groups -OCH3 is 1. The molecule has 1 saturated carbocycles. The molecule has 3 rings (SSSR count). The van der Waals surface area contributed by atoms with Gasteiger partial charge >= 0.3 is 0 Å². The molecule has 1 unspecified atom stereocenters. The van der Waals surface area contributed by atoms with Crippen LogP contribution in [0.15, 0.2) is 18.2 Å². The summed E-state index contributed by atoms with van der Waals surface area (Å²) in [7, 11) is 1.69. The third kappa shape index (κ3) is 2.64. The Balaban J connectivity index is 1.77. The summed E-state index contributed by atoms with van der Waals surface area (Å²) < 4.78 is 11.5. The Labute approximate surface area is 121 Å². The zero-order valence-electron chi connectivity index (χ0n) is 12.5.